The Morgan fingerprint density at radius 2 is 2.13 bits per heavy atom. The van der Waals surface area contributed by atoms with Gasteiger partial charge in [-0.05, 0) is 43.0 Å². The lowest BCUT2D eigenvalue weighted by molar-refractivity contribution is -0.139. The molecule has 1 aliphatic heterocycles. The number of carbonyl (C=O) groups excluding carboxylic acids is 1. The molecule has 2 aromatic rings. The van der Waals surface area contributed by atoms with Crippen molar-refractivity contribution in [3.05, 3.63) is 54.1 Å². The molecule has 6 heteroatoms. The minimum atomic E-state index is -0.560. The average molecular weight is 317 g/mol. The Bertz CT molecular complexity index is 642. The number of aromatic nitrogens is 2. The third-order valence-corrected chi connectivity index (χ3v) is 4.28. The van der Waals surface area contributed by atoms with Crippen molar-refractivity contribution in [1.29, 1.82) is 0 Å². The summed E-state index contributed by atoms with van der Waals surface area (Å²) in [5.41, 5.74) is 0.911. The SMILES string of the molecule is O=C(Cn1cccn1)N1CCC[C@H](O)[C@@H]1Cc1ccc(F)cc1. The maximum Gasteiger partial charge on any atom is 0.244 e. The van der Waals surface area contributed by atoms with Crippen LogP contribution in [0.25, 0.3) is 0 Å². The Morgan fingerprint density at radius 3 is 2.83 bits per heavy atom. The molecule has 2 heterocycles. The van der Waals surface area contributed by atoms with Crippen molar-refractivity contribution in [1.82, 2.24) is 14.7 Å². The van der Waals surface area contributed by atoms with E-state index >= 15 is 0 Å². The van der Waals surface area contributed by atoms with Crippen molar-refractivity contribution in [2.45, 2.75) is 38.0 Å². The van der Waals surface area contributed by atoms with Gasteiger partial charge in [-0.2, -0.15) is 5.10 Å². The highest BCUT2D eigenvalue weighted by Crippen LogP contribution is 2.22. The van der Waals surface area contributed by atoms with E-state index in [1.807, 2.05) is 0 Å². The first-order chi connectivity index (χ1) is 11.1. The maximum absolute atomic E-state index is 13.0. The van der Waals surface area contributed by atoms with Crippen LogP contribution in [0.2, 0.25) is 0 Å². The van der Waals surface area contributed by atoms with E-state index in [0.29, 0.717) is 19.4 Å². The molecule has 1 amide bonds. The van der Waals surface area contributed by atoms with E-state index in [-0.39, 0.29) is 24.3 Å². The number of piperidine rings is 1. The van der Waals surface area contributed by atoms with Crippen LogP contribution >= 0.6 is 0 Å². The Labute approximate surface area is 134 Å². The number of benzene rings is 1. The fourth-order valence-electron chi connectivity index (χ4n) is 3.08. The molecule has 0 bridgehead atoms. The summed E-state index contributed by atoms with van der Waals surface area (Å²) in [5, 5.41) is 14.4. The van der Waals surface area contributed by atoms with Gasteiger partial charge in [-0.1, -0.05) is 12.1 Å². The van der Waals surface area contributed by atoms with Gasteiger partial charge in [0.05, 0.1) is 12.1 Å². The van der Waals surface area contributed by atoms with Gasteiger partial charge in [0, 0.05) is 18.9 Å². The predicted molar refractivity (Wildman–Crippen MR) is 83.1 cm³/mol. The summed E-state index contributed by atoms with van der Waals surface area (Å²) in [6, 6.07) is 7.70. The van der Waals surface area contributed by atoms with Gasteiger partial charge in [0.1, 0.15) is 12.4 Å². The molecule has 0 unspecified atom stereocenters. The minimum Gasteiger partial charge on any atom is -0.391 e. The molecule has 5 nitrogen and oxygen atoms in total. The van der Waals surface area contributed by atoms with Crippen LogP contribution in [0, 0.1) is 5.82 Å². The van der Waals surface area contributed by atoms with Crippen molar-refractivity contribution in [3.8, 4) is 0 Å². The largest absolute Gasteiger partial charge is 0.391 e. The highest BCUT2D eigenvalue weighted by Gasteiger charge is 2.33. The first-order valence-electron chi connectivity index (χ1n) is 7.83. The summed E-state index contributed by atoms with van der Waals surface area (Å²) >= 11 is 0. The molecule has 2 atom stereocenters. The fourth-order valence-corrected chi connectivity index (χ4v) is 3.08. The number of aliphatic hydroxyl groups is 1. The highest BCUT2D eigenvalue weighted by atomic mass is 19.1. The fraction of sp³-hybridized carbons (Fsp3) is 0.412. The lowest BCUT2D eigenvalue weighted by atomic mass is 9.93. The first-order valence-corrected chi connectivity index (χ1v) is 7.83. The van der Waals surface area contributed by atoms with Crippen molar-refractivity contribution >= 4 is 5.91 Å². The third kappa shape index (κ3) is 3.76. The summed E-state index contributed by atoms with van der Waals surface area (Å²) in [5.74, 6) is -0.343. The third-order valence-electron chi connectivity index (χ3n) is 4.28. The molecule has 0 saturated carbocycles. The van der Waals surface area contributed by atoms with E-state index in [0.717, 1.165) is 12.0 Å². The van der Waals surface area contributed by atoms with Crippen LogP contribution < -0.4 is 0 Å². The van der Waals surface area contributed by atoms with E-state index in [1.54, 1.807) is 40.2 Å². The van der Waals surface area contributed by atoms with Gasteiger partial charge in [-0.25, -0.2) is 4.39 Å². The van der Waals surface area contributed by atoms with Crippen LogP contribution in [0.3, 0.4) is 0 Å². The second-order valence-corrected chi connectivity index (χ2v) is 5.90. The molecule has 3 rings (SSSR count). The maximum atomic E-state index is 13.0. The Hall–Kier alpha value is -2.21. The van der Waals surface area contributed by atoms with E-state index in [2.05, 4.69) is 5.10 Å². The van der Waals surface area contributed by atoms with Gasteiger partial charge in [0.25, 0.3) is 0 Å². The number of likely N-dealkylation sites (tertiary alicyclic amines) is 1. The normalized spacial score (nSPS) is 21.4. The molecular formula is C17H20FN3O2. The number of hydrogen-bond acceptors (Lipinski definition) is 3. The van der Waals surface area contributed by atoms with Gasteiger partial charge < -0.3 is 10.0 Å². The van der Waals surface area contributed by atoms with Gasteiger partial charge in [-0.15, -0.1) is 0 Å². The zero-order valence-electron chi connectivity index (χ0n) is 12.8. The standard InChI is InChI=1S/C17H20FN3O2/c18-14-6-4-13(5-7-14)11-15-16(22)3-1-10-21(15)17(23)12-20-9-2-8-19-20/h2,4-9,15-16,22H,1,3,10-12H2/t15-,16-/m0/s1. The molecule has 1 fully saturated rings. The smallest absolute Gasteiger partial charge is 0.244 e. The van der Waals surface area contributed by atoms with E-state index < -0.39 is 6.10 Å². The Kier molecular flexibility index (Phi) is 4.71. The predicted octanol–water partition coefficient (Wildman–Crippen LogP) is 1.62. The molecule has 1 aromatic carbocycles. The molecule has 122 valence electrons. The zero-order valence-corrected chi connectivity index (χ0v) is 12.8. The molecule has 0 aliphatic carbocycles. The zero-order chi connectivity index (χ0) is 16.2. The molecule has 0 spiro atoms. The lowest BCUT2D eigenvalue weighted by Crippen LogP contribution is -2.53. The lowest BCUT2D eigenvalue weighted by Gasteiger charge is -2.39. The van der Waals surface area contributed by atoms with Crippen LogP contribution in [0.5, 0.6) is 0 Å². The van der Waals surface area contributed by atoms with Gasteiger partial charge in [0.2, 0.25) is 5.91 Å². The molecule has 23 heavy (non-hydrogen) atoms. The van der Waals surface area contributed by atoms with Crippen LogP contribution in [-0.4, -0.2) is 44.4 Å². The number of aliphatic hydroxyl groups excluding tert-OH is 1. The molecule has 1 saturated heterocycles. The van der Waals surface area contributed by atoms with E-state index in [1.165, 1.54) is 12.1 Å². The van der Waals surface area contributed by atoms with E-state index in [9.17, 15) is 14.3 Å². The molecule has 0 radical (unpaired) electrons. The van der Waals surface area contributed by atoms with Crippen molar-refractivity contribution < 1.29 is 14.3 Å². The number of amides is 1. The topological polar surface area (TPSA) is 58.4 Å². The summed E-state index contributed by atoms with van der Waals surface area (Å²) < 4.78 is 14.6. The van der Waals surface area contributed by atoms with Crippen molar-refractivity contribution in [3.63, 3.8) is 0 Å². The first kappa shape index (κ1) is 15.7. The highest BCUT2D eigenvalue weighted by molar-refractivity contribution is 5.76. The van der Waals surface area contributed by atoms with Gasteiger partial charge in [-0.3, -0.25) is 9.48 Å². The molecular weight excluding hydrogens is 297 g/mol. The molecule has 1 aliphatic rings. The van der Waals surface area contributed by atoms with Crippen LogP contribution in [0.15, 0.2) is 42.7 Å². The van der Waals surface area contributed by atoms with Gasteiger partial charge in [0.15, 0.2) is 0 Å². The molecule has 1 N–H and O–H groups in total. The summed E-state index contributed by atoms with van der Waals surface area (Å²) in [6.45, 7) is 0.794. The quantitative estimate of drug-likeness (QED) is 0.932. The van der Waals surface area contributed by atoms with Crippen LogP contribution in [-0.2, 0) is 17.8 Å². The number of halogens is 1. The number of nitrogens with zero attached hydrogens (tertiary/aromatic N) is 3. The second-order valence-electron chi connectivity index (χ2n) is 5.90. The van der Waals surface area contributed by atoms with E-state index in [4.69, 9.17) is 0 Å². The average Bonchev–Trinajstić information content (AvgIpc) is 3.04. The number of hydrogen-bond donors (Lipinski definition) is 1. The van der Waals surface area contributed by atoms with Crippen LogP contribution in [0.4, 0.5) is 4.39 Å². The number of carbonyl (C=O) groups is 1. The van der Waals surface area contributed by atoms with Crippen LogP contribution in [0.1, 0.15) is 18.4 Å². The van der Waals surface area contributed by atoms with Gasteiger partial charge >= 0.3 is 0 Å². The second kappa shape index (κ2) is 6.91. The Balaban J connectivity index is 1.73. The Morgan fingerprint density at radius 1 is 1.35 bits per heavy atom. The van der Waals surface area contributed by atoms with Crippen molar-refractivity contribution in [2.24, 2.45) is 0 Å². The van der Waals surface area contributed by atoms with Crippen molar-refractivity contribution in [2.75, 3.05) is 6.54 Å². The minimum absolute atomic E-state index is 0.0560. The summed E-state index contributed by atoms with van der Waals surface area (Å²) in [4.78, 5) is 14.3. The monoisotopic (exact) mass is 317 g/mol. The summed E-state index contributed by atoms with van der Waals surface area (Å²) in [6.07, 6.45) is 4.80. The number of rotatable bonds is 4. The summed E-state index contributed by atoms with van der Waals surface area (Å²) in [7, 11) is 0. The molecule has 1 aromatic heterocycles.